The number of amides is 2. The molecule has 1 aliphatic rings. The van der Waals surface area contributed by atoms with E-state index >= 15 is 0 Å². The number of halogens is 1. The third-order valence-corrected chi connectivity index (χ3v) is 4.41. The fourth-order valence-corrected chi connectivity index (χ4v) is 3.04. The summed E-state index contributed by atoms with van der Waals surface area (Å²) < 4.78 is 15.1. The third-order valence-electron chi connectivity index (χ3n) is 4.41. The molecule has 0 unspecified atom stereocenters. The maximum Gasteiger partial charge on any atom is 0.270 e. The zero-order chi connectivity index (χ0) is 15.9. The van der Waals surface area contributed by atoms with E-state index in [0.29, 0.717) is 37.1 Å². The molecule has 2 amide bonds. The highest BCUT2D eigenvalue weighted by molar-refractivity contribution is 5.98. The van der Waals surface area contributed by atoms with E-state index in [1.807, 2.05) is 0 Å². The van der Waals surface area contributed by atoms with Gasteiger partial charge in [-0.25, -0.2) is 4.39 Å². The Bertz CT molecular complexity index is 745. The number of benzene rings is 1. The Morgan fingerprint density at radius 3 is 2.55 bits per heavy atom. The van der Waals surface area contributed by atoms with Crippen LogP contribution in [-0.2, 0) is 11.8 Å². The van der Waals surface area contributed by atoms with Crippen LogP contribution in [0.25, 0.3) is 10.9 Å². The molecule has 1 aromatic heterocycles. The highest BCUT2D eigenvalue weighted by atomic mass is 19.1. The van der Waals surface area contributed by atoms with Crippen LogP contribution < -0.4 is 5.73 Å². The van der Waals surface area contributed by atoms with Crippen LogP contribution in [0.3, 0.4) is 0 Å². The van der Waals surface area contributed by atoms with E-state index in [2.05, 4.69) is 0 Å². The number of aromatic nitrogens is 1. The minimum atomic E-state index is -0.324. The van der Waals surface area contributed by atoms with Crippen LogP contribution in [0, 0.1) is 11.7 Å². The zero-order valence-electron chi connectivity index (χ0n) is 12.4. The van der Waals surface area contributed by atoms with E-state index in [1.54, 1.807) is 28.6 Å². The van der Waals surface area contributed by atoms with Crippen molar-refractivity contribution in [1.82, 2.24) is 9.47 Å². The molecule has 2 N–H and O–H groups in total. The number of aryl methyl sites for hydroxylation is 1. The molecular weight excluding hydrogens is 285 g/mol. The molecule has 5 nitrogen and oxygen atoms in total. The molecule has 0 bridgehead atoms. The Labute approximate surface area is 127 Å². The van der Waals surface area contributed by atoms with Gasteiger partial charge in [0, 0.05) is 31.4 Å². The Morgan fingerprint density at radius 1 is 1.23 bits per heavy atom. The molecule has 1 aromatic carbocycles. The van der Waals surface area contributed by atoms with E-state index in [1.165, 1.54) is 12.1 Å². The van der Waals surface area contributed by atoms with Crippen LogP contribution in [0.4, 0.5) is 4.39 Å². The SMILES string of the molecule is Cn1c(C(=O)N2CCC(C(N)=O)CC2)cc2ccc(F)cc21. The van der Waals surface area contributed by atoms with Crippen molar-refractivity contribution in [1.29, 1.82) is 0 Å². The monoisotopic (exact) mass is 303 g/mol. The number of hydrogen-bond acceptors (Lipinski definition) is 2. The van der Waals surface area contributed by atoms with Crippen molar-refractivity contribution >= 4 is 22.7 Å². The van der Waals surface area contributed by atoms with Gasteiger partial charge in [0.15, 0.2) is 0 Å². The molecule has 0 radical (unpaired) electrons. The number of likely N-dealkylation sites (tertiary alicyclic amines) is 1. The summed E-state index contributed by atoms with van der Waals surface area (Å²) in [7, 11) is 1.76. The van der Waals surface area contributed by atoms with Crippen LogP contribution >= 0.6 is 0 Å². The maximum absolute atomic E-state index is 13.3. The summed E-state index contributed by atoms with van der Waals surface area (Å²) in [6, 6.07) is 6.25. The fraction of sp³-hybridized carbons (Fsp3) is 0.375. The quantitative estimate of drug-likeness (QED) is 0.916. The maximum atomic E-state index is 13.3. The van der Waals surface area contributed by atoms with Gasteiger partial charge < -0.3 is 15.2 Å². The number of fused-ring (bicyclic) bond motifs is 1. The molecule has 0 atom stereocenters. The largest absolute Gasteiger partial charge is 0.369 e. The molecule has 2 aromatic rings. The summed E-state index contributed by atoms with van der Waals surface area (Å²) >= 11 is 0. The van der Waals surface area contributed by atoms with Crippen LogP contribution in [0.1, 0.15) is 23.3 Å². The third kappa shape index (κ3) is 2.45. The lowest BCUT2D eigenvalue weighted by atomic mass is 9.96. The molecule has 116 valence electrons. The first-order valence-electron chi connectivity index (χ1n) is 7.31. The molecule has 0 spiro atoms. The molecule has 22 heavy (non-hydrogen) atoms. The summed E-state index contributed by atoms with van der Waals surface area (Å²) in [5, 5.41) is 0.833. The molecule has 1 aliphatic heterocycles. The average Bonchev–Trinajstić information content (AvgIpc) is 2.83. The Kier molecular flexibility index (Phi) is 3.60. The number of piperidine rings is 1. The molecule has 2 heterocycles. The van der Waals surface area contributed by atoms with E-state index < -0.39 is 0 Å². The molecule has 1 saturated heterocycles. The Morgan fingerprint density at radius 2 is 1.91 bits per heavy atom. The molecule has 0 saturated carbocycles. The number of primary amides is 1. The van der Waals surface area contributed by atoms with Gasteiger partial charge >= 0.3 is 0 Å². The predicted octanol–water partition coefficient (Wildman–Crippen LogP) is 1.65. The number of hydrogen-bond donors (Lipinski definition) is 1. The standard InChI is InChI=1S/C16H18FN3O2/c1-19-13-9-12(17)3-2-11(13)8-14(19)16(22)20-6-4-10(5-7-20)15(18)21/h2-3,8-10H,4-7H2,1H3,(H2,18,21). The summed E-state index contributed by atoms with van der Waals surface area (Å²) in [6.07, 6.45) is 1.19. The second kappa shape index (κ2) is 5.44. The van der Waals surface area contributed by atoms with Crippen molar-refractivity contribution in [3.05, 3.63) is 35.8 Å². The van der Waals surface area contributed by atoms with Crippen molar-refractivity contribution in [2.75, 3.05) is 13.1 Å². The predicted molar refractivity (Wildman–Crippen MR) is 80.7 cm³/mol. The lowest BCUT2D eigenvalue weighted by Gasteiger charge is -2.30. The van der Waals surface area contributed by atoms with Gasteiger partial charge in [-0.3, -0.25) is 9.59 Å². The van der Waals surface area contributed by atoms with Gasteiger partial charge in [-0.05, 0) is 37.1 Å². The van der Waals surface area contributed by atoms with Crippen molar-refractivity contribution in [3.63, 3.8) is 0 Å². The van der Waals surface area contributed by atoms with Gasteiger partial charge in [0.25, 0.3) is 5.91 Å². The second-order valence-electron chi connectivity index (χ2n) is 5.76. The highest BCUT2D eigenvalue weighted by Crippen LogP contribution is 2.23. The molecular formula is C16H18FN3O2. The minimum Gasteiger partial charge on any atom is -0.369 e. The zero-order valence-corrected chi connectivity index (χ0v) is 12.4. The van der Waals surface area contributed by atoms with Crippen molar-refractivity contribution in [2.45, 2.75) is 12.8 Å². The number of nitrogens with zero attached hydrogens (tertiary/aromatic N) is 2. The van der Waals surface area contributed by atoms with Crippen LogP contribution in [0.15, 0.2) is 24.3 Å². The Hall–Kier alpha value is -2.37. The van der Waals surface area contributed by atoms with Crippen molar-refractivity contribution in [2.24, 2.45) is 18.7 Å². The van der Waals surface area contributed by atoms with Crippen molar-refractivity contribution in [3.8, 4) is 0 Å². The summed E-state index contributed by atoms with van der Waals surface area (Å²) in [5.74, 6) is -0.866. The normalized spacial score (nSPS) is 16.2. The minimum absolute atomic E-state index is 0.0953. The highest BCUT2D eigenvalue weighted by Gasteiger charge is 2.27. The van der Waals surface area contributed by atoms with Gasteiger partial charge in [0.2, 0.25) is 5.91 Å². The summed E-state index contributed by atoms with van der Waals surface area (Å²) in [4.78, 5) is 25.6. The first-order chi connectivity index (χ1) is 10.5. The Balaban J connectivity index is 1.84. The molecule has 3 rings (SSSR count). The lowest BCUT2D eigenvalue weighted by Crippen LogP contribution is -2.42. The summed E-state index contributed by atoms with van der Waals surface area (Å²) in [6.45, 7) is 1.03. The van der Waals surface area contributed by atoms with Crippen LogP contribution in [0.5, 0.6) is 0 Å². The molecule has 0 aliphatic carbocycles. The van der Waals surface area contributed by atoms with Crippen LogP contribution in [-0.4, -0.2) is 34.4 Å². The van der Waals surface area contributed by atoms with Gasteiger partial charge in [-0.15, -0.1) is 0 Å². The lowest BCUT2D eigenvalue weighted by molar-refractivity contribution is -0.123. The van der Waals surface area contributed by atoms with E-state index in [0.717, 1.165) is 5.39 Å². The molecule has 1 fully saturated rings. The average molecular weight is 303 g/mol. The number of nitrogens with two attached hydrogens (primary N) is 1. The number of carbonyl (C=O) groups is 2. The van der Waals surface area contributed by atoms with Crippen LogP contribution in [0.2, 0.25) is 0 Å². The van der Waals surface area contributed by atoms with Gasteiger partial charge in [-0.1, -0.05) is 0 Å². The fourth-order valence-electron chi connectivity index (χ4n) is 3.04. The van der Waals surface area contributed by atoms with Crippen molar-refractivity contribution < 1.29 is 14.0 Å². The van der Waals surface area contributed by atoms with E-state index in [-0.39, 0.29) is 23.5 Å². The first-order valence-corrected chi connectivity index (χ1v) is 7.31. The summed E-state index contributed by atoms with van der Waals surface area (Å²) in [5.41, 5.74) is 6.52. The van der Waals surface area contributed by atoms with E-state index in [9.17, 15) is 14.0 Å². The smallest absolute Gasteiger partial charge is 0.270 e. The number of carbonyl (C=O) groups excluding carboxylic acids is 2. The first kappa shape index (κ1) is 14.6. The number of rotatable bonds is 2. The molecule has 6 heteroatoms. The topological polar surface area (TPSA) is 68.3 Å². The van der Waals surface area contributed by atoms with Gasteiger partial charge in [0.1, 0.15) is 11.5 Å². The van der Waals surface area contributed by atoms with E-state index in [4.69, 9.17) is 5.73 Å². The second-order valence-corrected chi connectivity index (χ2v) is 5.76. The van der Waals surface area contributed by atoms with Gasteiger partial charge in [-0.2, -0.15) is 0 Å². The van der Waals surface area contributed by atoms with Gasteiger partial charge in [0.05, 0.1) is 5.52 Å².